The van der Waals surface area contributed by atoms with Crippen molar-refractivity contribution in [3.63, 3.8) is 0 Å². The van der Waals surface area contributed by atoms with Gasteiger partial charge in [0.25, 0.3) is 5.91 Å². The normalized spacial score (nSPS) is 15.2. The second-order valence-corrected chi connectivity index (χ2v) is 6.79. The summed E-state index contributed by atoms with van der Waals surface area (Å²) in [7, 11) is 0. The lowest BCUT2D eigenvalue weighted by Crippen LogP contribution is -2.30. The summed E-state index contributed by atoms with van der Waals surface area (Å²) >= 11 is 0. The Kier molecular flexibility index (Phi) is 5.32. The Hall–Kier alpha value is -3.22. The predicted octanol–water partition coefficient (Wildman–Crippen LogP) is 3.72. The van der Waals surface area contributed by atoms with Crippen LogP contribution in [0.25, 0.3) is 0 Å². The number of hydrogen-bond acceptors (Lipinski definition) is 5. The van der Waals surface area contributed by atoms with E-state index in [0.29, 0.717) is 17.5 Å². The number of aromatic nitrogens is 2. The average Bonchev–Trinajstić information content (AvgIpc) is 3.23. The van der Waals surface area contributed by atoms with Crippen LogP contribution in [0.2, 0.25) is 0 Å². The Labute approximate surface area is 162 Å². The van der Waals surface area contributed by atoms with Gasteiger partial charge >= 0.3 is 6.01 Å². The number of rotatable bonds is 5. The molecule has 1 amide bonds. The van der Waals surface area contributed by atoms with Gasteiger partial charge in [0, 0.05) is 18.7 Å². The third-order valence-corrected chi connectivity index (χ3v) is 4.82. The van der Waals surface area contributed by atoms with Gasteiger partial charge in [-0.15, -0.1) is 5.10 Å². The number of amides is 1. The summed E-state index contributed by atoms with van der Waals surface area (Å²) in [6.45, 7) is 1.78. The Balaban J connectivity index is 1.60. The van der Waals surface area contributed by atoms with Gasteiger partial charge in [0.15, 0.2) is 0 Å². The van der Waals surface area contributed by atoms with Crippen molar-refractivity contribution in [2.75, 3.05) is 18.0 Å². The molecule has 1 saturated heterocycles. The lowest BCUT2D eigenvalue weighted by molar-refractivity contribution is 0.0938. The van der Waals surface area contributed by atoms with E-state index in [9.17, 15) is 9.18 Å². The van der Waals surface area contributed by atoms with Gasteiger partial charge in [-0.2, -0.15) is 0 Å². The molecule has 0 spiro atoms. The van der Waals surface area contributed by atoms with Crippen LogP contribution in [0.5, 0.6) is 0 Å². The van der Waals surface area contributed by atoms with Crippen LogP contribution < -0.4 is 10.2 Å². The molecule has 1 fully saturated rings. The standard InChI is InChI=1S/C21H21FN4O2/c22-17-11-9-16(10-12-17)19(27)23-18(15-7-3-1-4-8-15)20-24-25-21(28-20)26-13-5-2-6-14-26/h1,3-4,7-12,18H,2,5-6,13-14H2,(H,23,27)/t18-/m0/s1. The second-order valence-electron chi connectivity index (χ2n) is 6.79. The van der Waals surface area contributed by atoms with Gasteiger partial charge in [0.1, 0.15) is 11.9 Å². The van der Waals surface area contributed by atoms with Gasteiger partial charge < -0.3 is 14.6 Å². The largest absolute Gasteiger partial charge is 0.405 e. The molecule has 0 aliphatic carbocycles. The fourth-order valence-electron chi connectivity index (χ4n) is 3.30. The first-order valence-corrected chi connectivity index (χ1v) is 9.40. The Morgan fingerprint density at radius 1 is 1.00 bits per heavy atom. The highest BCUT2D eigenvalue weighted by Crippen LogP contribution is 2.25. The maximum Gasteiger partial charge on any atom is 0.318 e. The fourth-order valence-corrected chi connectivity index (χ4v) is 3.30. The molecule has 0 radical (unpaired) electrons. The van der Waals surface area contributed by atoms with Crippen molar-refractivity contribution >= 4 is 11.9 Å². The van der Waals surface area contributed by atoms with E-state index in [1.165, 1.54) is 30.7 Å². The van der Waals surface area contributed by atoms with Crippen LogP contribution in [0.15, 0.2) is 59.0 Å². The number of halogens is 1. The SMILES string of the molecule is O=C(N[C@@H](c1ccccc1)c1nnc(N2CCCCC2)o1)c1ccc(F)cc1. The van der Waals surface area contributed by atoms with E-state index in [-0.39, 0.29) is 11.7 Å². The maximum absolute atomic E-state index is 13.2. The third kappa shape index (κ3) is 4.03. The molecule has 1 aliphatic heterocycles. The van der Waals surface area contributed by atoms with Crippen molar-refractivity contribution < 1.29 is 13.6 Å². The highest BCUT2D eigenvalue weighted by atomic mass is 19.1. The second kappa shape index (κ2) is 8.21. The van der Waals surface area contributed by atoms with Gasteiger partial charge in [0.05, 0.1) is 0 Å². The minimum absolute atomic E-state index is 0.322. The number of nitrogens with one attached hydrogen (secondary N) is 1. The number of nitrogens with zero attached hydrogens (tertiary/aromatic N) is 3. The van der Waals surface area contributed by atoms with Crippen molar-refractivity contribution in [3.8, 4) is 0 Å². The molecule has 1 atom stereocenters. The lowest BCUT2D eigenvalue weighted by atomic mass is 10.1. The molecule has 1 aliphatic rings. The van der Waals surface area contributed by atoms with Crippen molar-refractivity contribution in [2.24, 2.45) is 0 Å². The molecular weight excluding hydrogens is 359 g/mol. The van der Waals surface area contributed by atoms with Crippen LogP contribution in [-0.2, 0) is 0 Å². The maximum atomic E-state index is 13.2. The zero-order valence-electron chi connectivity index (χ0n) is 15.3. The number of hydrogen-bond donors (Lipinski definition) is 1. The van der Waals surface area contributed by atoms with E-state index in [1.54, 1.807) is 0 Å². The molecule has 0 saturated carbocycles. The molecule has 28 heavy (non-hydrogen) atoms. The molecule has 0 bridgehead atoms. The van der Waals surface area contributed by atoms with Crippen LogP contribution in [0.1, 0.15) is 47.1 Å². The number of carbonyl (C=O) groups excluding carboxylic acids is 1. The molecule has 0 unspecified atom stereocenters. The first kappa shape index (κ1) is 18.2. The molecular formula is C21H21FN4O2. The first-order valence-electron chi connectivity index (χ1n) is 9.40. The predicted molar refractivity (Wildman–Crippen MR) is 103 cm³/mol. The number of anilines is 1. The molecule has 144 valence electrons. The molecule has 6 nitrogen and oxygen atoms in total. The molecule has 1 N–H and O–H groups in total. The topological polar surface area (TPSA) is 71.3 Å². The van der Waals surface area contributed by atoms with Crippen molar-refractivity contribution in [3.05, 3.63) is 77.4 Å². The van der Waals surface area contributed by atoms with Gasteiger partial charge in [-0.05, 0) is 49.1 Å². The minimum Gasteiger partial charge on any atom is -0.405 e. The summed E-state index contributed by atoms with van der Waals surface area (Å²) in [5.74, 6) is -0.409. The van der Waals surface area contributed by atoms with E-state index >= 15 is 0 Å². The van der Waals surface area contributed by atoms with Crippen LogP contribution in [0, 0.1) is 5.82 Å². The van der Waals surface area contributed by atoms with Crippen LogP contribution in [0.3, 0.4) is 0 Å². The average molecular weight is 380 g/mol. The number of carbonyl (C=O) groups is 1. The quantitative estimate of drug-likeness (QED) is 0.730. The molecule has 3 aromatic rings. The summed E-state index contributed by atoms with van der Waals surface area (Å²) < 4.78 is 19.1. The zero-order valence-corrected chi connectivity index (χ0v) is 15.3. The van der Waals surface area contributed by atoms with Gasteiger partial charge in [0.2, 0.25) is 5.89 Å². The van der Waals surface area contributed by atoms with Crippen LogP contribution in [0.4, 0.5) is 10.4 Å². The van der Waals surface area contributed by atoms with Crippen molar-refractivity contribution in [2.45, 2.75) is 25.3 Å². The Bertz CT molecular complexity index is 921. The van der Waals surface area contributed by atoms with E-state index in [2.05, 4.69) is 20.4 Å². The van der Waals surface area contributed by atoms with Crippen molar-refractivity contribution in [1.29, 1.82) is 0 Å². The van der Waals surface area contributed by atoms with Crippen LogP contribution in [-0.4, -0.2) is 29.2 Å². The first-order chi connectivity index (χ1) is 13.7. The summed E-state index contributed by atoms with van der Waals surface area (Å²) in [6.07, 6.45) is 3.40. The highest BCUT2D eigenvalue weighted by Gasteiger charge is 2.25. The zero-order chi connectivity index (χ0) is 19.3. The fraction of sp³-hybridized carbons (Fsp3) is 0.286. The Morgan fingerprint density at radius 2 is 1.71 bits per heavy atom. The number of piperidine rings is 1. The highest BCUT2D eigenvalue weighted by molar-refractivity contribution is 5.94. The van der Waals surface area contributed by atoms with Crippen molar-refractivity contribution in [1.82, 2.24) is 15.5 Å². The van der Waals surface area contributed by atoms with Gasteiger partial charge in [-0.3, -0.25) is 4.79 Å². The minimum atomic E-state index is -0.593. The molecule has 4 rings (SSSR count). The molecule has 2 aromatic carbocycles. The number of benzene rings is 2. The molecule has 7 heteroatoms. The van der Waals surface area contributed by atoms with Gasteiger partial charge in [-0.25, -0.2) is 4.39 Å². The summed E-state index contributed by atoms with van der Waals surface area (Å²) in [4.78, 5) is 14.8. The third-order valence-electron chi connectivity index (χ3n) is 4.82. The molecule has 2 heterocycles. The summed E-state index contributed by atoms with van der Waals surface area (Å²) in [5.41, 5.74) is 1.19. The summed E-state index contributed by atoms with van der Waals surface area (Å²) in [5, 5.41) is 11.3. The van der Waals surface area contributed by atoms with E-state index in [1.807, 2.05) is 30.3 Å². The van der Waals surface area contributed by atoms with Crippen LogP contribution >= 0.6 is 0 Å². The van der Waals surface area contributed by atoms with E-state index in [4.69, 9.17) is 4.42 Å². The Morgan fingerprint density at radius 3 is 2.43 bits per heavy atom. The van der Waals surface area contributed by atoms with Gasteiger partial charge in [-0.1, -0.05) is 35.4 Å². The smallest absolute Gasteiger partial charge is 0.318 e. The molecule has 1 aromatic heterocycles. The lowest BCUT2D eigenvalue weighted by Gasteiger charge is -2.24. The van der Waals surface area contributed by atoms with E-state index < -0.39 is 6.04 Å². The summed E-state index contributed by atoms with van der Waals surface area (Å²) in [6, 6.07) is 14.7. The monoisotopic (exact) mass is 380 g/mol. The van der Waals surface area contributed by atoms with E-state index in [0.717, 1.165) is 31.5 Å².